The van der Waals surface area contributed by atoms with Crippen molar-refractivity contribution in [1.82, 2.24) is 19.7 Å². The minimum Gasteiger partial charge on any atom is -0.474 e. The van der Waals surface area contributed by atoms with Crippen molar-refractivity contribution in [1.29, 1.82) is 0 Å². The SMILES string of the molecule is NC(=O)c1cccnc1OC1CCC(NC(=O)c2cnc3cc(N4CCS(=O)(=O)CC4)ccn23)CC1. The number of aromatic nitrogens is 3. The van der Waals surface area contributed by atoms with Crippen LogP contribution in [0.5, 0.6) is 5.88 Å². The first-order valence-electron chi connectivity index (χ1n) is 11.9. The molecular formula is C24H28N6O5S. The quantitative estimate of drug-likeness (QED) is 0.500. The van der Waals surface area contributed by atoms with E-state index in [1.54, 1.807) is 35.1 Å². The zero-order valence-corrected chi connectivity index (χ0v) is 20.5. The van der Waals surface area contributed by atoms with Gasteiger partial charge in [-0.25, -0.2) is 18.4 Å². The molecular weight excluding hydrogens is 484 g/mol. The van der Waals surface area contributed by atoms with E-state index in [1.807, 2.05) is 17.0 Å². The number of carbonyl (C=O) groups excluding carboxylic acids is 2. The fourth-order valence-corrected chi connectivity index (χ4v) is 5.92. The Morgan fingerprint density at radius 3 is 2.56 bits per heavy atom. The van der Waals surface area contributed by atoms with Crippen LogP contribution < -0.4 is 20.7 Å². The average molecular weight is 513 g/mol. The molecule has 1 saturated carbocycles. The van der Waals surface area contributed by atoms with Gasteiger partial charge < -0.3 is 20.7 Å². The van der Waals surface area contributed by atoms with Gasteiger partial charge in [-0.15, -0.1) is 0 Å². The van der Waals surface area contributed by atoms with Crippen LogP contribution in [-0.2, 0) is 9.84 Å². The normalized spacial score (nSPS) is 21.7. The van der Waals surface area contributed by atoms with E-state index in [0.29, 0.717) is 37.3 Å². The second-order valence-corrected chi connectivity index (χ2v) is 11.5. The monoisotopic (exact) mass is 512 g/mol. The number of rotatable bonds is 6. The van der Waals surface area contributed by atoms with Gasteiger partial charge in [-0.05, 0) is 43.9 Å². The predicted octanol–water partition coefficient (Wildman–Crippen LogP) is 1.18. The summed E-state index contributed by atoms with van der Waals surface area (Å²) in [5.74, 6) is -0.259. The molecule has 190 valence electrons. The van der Waals surface area contributed by atoms with Gasteiger partial charge >= 0.3 is 0 Å². The summed E-state index contributed by atoms with van der Waals surface area (Å²) in [7, 11) is -2.96. The maximum Gasteiger partial charge on any atom is 0.270 e. The van der Waals surface area contributed by atoms with Crippen LogP contribution in [0.15, 0.2) is 42.9 Å². The third-order valence-corrected chi connectivity index (χ3v) is 8.37. The van der Waals surface area contributed by atoms with Gasteiger partial charge in [0.05, 0.1) is 17.7 Å². The summed E-state index contributed by atoms with van der Waals surface area (Å²) in [4.78, 5) is 35.1. The molecule has 1 aliphatic carbocycles. The highest BCUT2D eigenvalue weighted by Crippen LogP contribution is 2.25. The maximum atomic E-state index is 13.0. The molecule has 4 heterocycles. The fourth-order valence-electron chi connectivity index (χ4n) is 4.72. The van der Waals surface area contributed by atoms with Crippen LogP contribution in [-0.4, -0.2) is 71.3 Å². The first kappa shape index (κ1) is 24.0. The Labute approximate surface area is 208 Å². The summed E-state index contributed by atoms with van der Waals surface area (Å²) in [6.07, 6.45) is 7.68. The Hall–Kier alpha value is -3.67. The molecule has 5 rings (SSSR count). The molecule has 11 nitrogen and oxygen atoms in total. The standard InChI is InChI=1S/C24H28N6O5S/c25-22(31)19-2-1-8-26-24(19)35-18-5-3-16(4-6-18)28-23(32)20-15-27-21-14-17(7-9-30(20)21)29-10-12-36(33,34)13-11-29/h1-2,7-9,14-16,18H,3-6,10-13H2,(H2,25,31)(H,28,32). The van der Waals surface area contributed by atoms with E-state index in [0.717, 1.165) is 18.5 Å². The number of nitrogens with two attached hydrogens (primary N) is 1. The third-order valence-electron chi connectivity index (χ3n) is 6.76. The van der Waals surface area contributed by atoms with Crippen molar-refractivity contribution in [2.24, 2.45) is 5.73 Å². The summed E-state index contributed by atoms with van der Waals surface area (Å²) in [6, 6.07) is 6.98. The van der Waals surface area contributed by atoms with Gasteiger partial charge in [0.25, 0.3) is 11.8 Å². The highest BCUT2D eigenvalue weighted by molar-refractivity contribution is 7.91. The smallest absolute Gasteiger partial charge is 0.270 e. The molecule has 2 amide bonds. The van der Waals surface area contributed by atoms with Gasteiger partial charge in [-0.3, -0.25) is 14.0 Å². The van der Waals surface area contributed by atoms with Crippen molar-refractivity contribution in [3.8, 4) is 5.88 Å². The minimum absolute atomic E-state index is 0.00295. The minimum atomic E-state index is -2.96. The zero-order valence-electron chi connectivity index (χ0n) is 19.7. The van der Waals surface area contributed by atoms with E-state index in [4.69, 9.17) is 10.5 Å². The molecule has 1 saturated heterocycles. The molecule has 36 heavy (non-hydrogen) atoms. The lowest BCUT2D eigenvalue weighted by atomic mass is 9.93. The van der Waals surface area contributed by atoms with Crippen LogP contribution in [0.4, 0.5) is 5.69 Å². The van der Waals surface area contributed by atoms with E-state index in [1.165, 1.54) is 0 Å². The number of hydrogen-bond acceptors (Lipinski definition) is 8. The molecule has 3 aromatic rings. The Balaban J connectivity index is 1.18. The van der Waals surface area contributed by atoms with Crippen molar-refractivity contribution in [3.63, 3.8) is 0 Å². The van der Waals surface area contributed by atoms with Crippen LogP contribution in [0, 0.1) is 0 Å². The molecule has 2 fully saturated rings. The average Bonchev–Trinajstić information content (AvgIpc) is 3.29. The summed E-state index contributed by atoms with van der Waals surface area (Å²) < 4.78 is 31.1. The van der Waals surface area contributed by atoms with Gasteiger partial charge in [0, 0.05) is 43.3 Å². The molecule has 0 atom stereocenters. The van der Waals surface area contributed by atoms with Gasteiger partial charge in [-0.2, -0.15) is 0 Å². The fraction of sp³-hybridized carbons (Fsp3) is 0.417. The number of ether oxygens (including phenoxy) is 1. The van der Waals surface area contributed by atoms with Gasteiger partial charge in [0.15, 0.2) is 9.84 Å². The molecule has 0 spiro atoms. The van der Waals surface area contributed by atoms with Crippen LogP contribution >= 0.6 is 0 Å². The number of primary amides is 1. The van der Waals surface area contributed by atoms with Crippen molar-refractivity contribution in [2.75, 3.05) is 29.5 Å². The van der Waals surface area contributed by atoms with E-state index in [9.17, 15) is 18.0 Å². The van der Waals surface area contributed by atoms with E-state index in [2.05, 4.69) is 15.3 Å². The highest BCUT2D eigenvalue weighted by Gasteiger charge is 2.27. The molecule has 0 aromatic carbocycles. The topological polar surface area (TPSA) is 149 Å². The number of imidazole rings is 1. The number of nitrogens with one attached hydrogen (secondary N) is 1. The van der Waals surface area contributed by atoms with E-state index >= 15 is 0 Å². The second kappa shape index (κ2) is 9.76. The Morgan fingerprint density at radius 1 is 1.08 bits per heavy atom. The number of nitrogens with zero attached hydrogens (tertiary/aromatic N) is 4. The molecule has 0 unspecified atom stereocenters. The summed E-state index contributed by atoms with van der Waals surface area (Å²) in [5.41, 5.74) is 7.62. The predicted molar refractivity (Wildman–Crippen MR) is 133 cm³/mol. The lowest BCUT2D eigenvalue weighted by molar-refractivity contribution is 0.0876. The number of fused-ring (bicyclic) bond motifs is 1. The van der Waals surface area contributed by atoms with Crippen LogP contribution in [0.3, 0.4) is 0 Å². The molecule has 1 aliphatic heterocycles. The third kappa shape index (κ3) is 5.13. The van der Waals surface area contributed by atoms with Crippen molar-refractivity contribution in [2.45, 2.75) is 37.8 Å². The lowest BCUT2D eigenvalue weighted by Crippen LogP contribution is -2.40. The molecule has 3 N–H and O–H groups in total. The largest absolute Gasteiger partial charge is 0.474 e. The Morgan fingerprint density at radius 2 is 1.83 bits per heavy atom. The number of hydrogen-bond donors (Lipinski definition) is 2. The maximum absolute atomic E-state index is 13.0. The first-order chi connectivity index (χ1) is 17.3. The number of amides is 2. The highest BCUT2D eigenvalue weighted by atomic mass is 32.2. The van der Waals surface area contributed by atoms with Crippen molar-refractivity contribution >= 4 is 33.0 Å². The first-order valence-corrected chi connectivity index (χ1v) is 13.8. The van der Waals surface area contributed by atoms with E-state index in [-0.39, 0.29) is 41.0 Å². The number of pyridine rings is 2. The Kier molecular flexibility index (Phi) is 6.52. The lowest BCUT2D eigenvalue weighted by Gasteiger charge is -2.29. The van der Waals surface area contributed by atoms with E-state index < -0.39 is 15.7 Å². The number of anilines is 1. The molecule has 12 heteroatoms. The van der Waals surface area contributed by atoms with Crippen molar-refractivity contribution < 1.29 is 22.7 Å². The molecule has 2 aliphatic rings. The number of carbonyl (C=O) groups is 2. The summed E-state index contributed by atoms with van der Waals surface area (Å²) in [6.45, 7) is 0.895. The van der Waals surface area contributed by atoms with Gasteiger partial charge in [-0.1, -0.05) is 0 Å². The van der Waals surface area contributed by atoms with Gasteiger partial charge in [0.2, 0.25) is 5.88 Å². The molecule has 0 radical (unpaired) electrons. The zero-order chi connectivity index (χ0) is 25.3. The van der Waals surface area contributed by atoms with Crippen LogP contribution in [0.2, 0.25) is 0 Å². The second-order valence-electron chi connectivity index (χ2n) is 9.18. The molecule has 0 bridgehead atoms. The van der Waals surface area contributed by atoms with Gasteiger partial charge in [0.1, 0.15) is 23.0 Å². The summed E-state index contributed by atoms with van der Waals surface area (Å²) in [5, 5.41) is 3.09. The molecule has 3 aromatic heterocycles. The van der Waals surface area contributed by atoms with Crippen LogP contribution in [0.25, 0.3) is 5.65 Å². The number of sulfone groups is 1. The Bertz CT molecular complexity index is 1380. The summed E-state index contributed by atoms with van der Waals surface area (Å²) >= 11 is 0. The van der Waals surface area contributed by atoms with Crippen LogP contribution in [0.1, 0.15) is 46.5 Å². The van der Waals surface area contributed by atoms with Crippen molar-refractivity contribution in [3.05, 3.63) is 54.1 Å².